The van der Waals surface area contributed by atoms with Gasteiger partial charge in [-0.2, -0.15) is 0 Å². The van der Waals surface area contributed by atoms with Gasteiger partial charge in [0.25, 0.3) is 0 Å². The highest BCUT2D eigenvalue weighted by atomic mass is 16.7. The van der Waals surface area contributed by atoms with E-state index in [0.29, 0.717) is 0 Å². The highest BCUT2D eigenvalue weighted by Crippen LogP contribution is 2.30. The van der Waals surface area contributed by atoms with E-state index in [2.05, 4.69) is 20.1 Å². The van der Waals surface area contributed by atoms with Gasteiger partial charge in [-0.1, -0.05) is 10.2 Å². The van der Waals surface area contributed by atoms with Gasteiger partial charge in [-0.15, -0.1) is 0 Å². The minimum absolute atomic E-state index is 0.289. The van der Waals surface area contributed by atoms with Crippen LogP contribution in [-0.4, -0.2) is 80.4 Å². The van der Waals surface area contributed by atoms with E-state index < -0.39 is 67.3 Å². The van der Waals surface area contributed by atoms with Crippen LogP contribution in [0.15, 0.2) is 10.2 Å². The Morgan fingerprint density at radius 1 is 0.818 bits per heavy atom. The van der Waals surface area contributed by atoms with E-state index in [1.165, 1.54) is 0 Å². The van der Waals surface area contributed by atoms with Crippen LogP contribution in [0, 0.1) is 0 Å². The van der Waals surface area contributed by atoms with Crippen LogP contribution in [0.1, 0.15) is 27.7 Å². The molecule has 0 spiro atoms. The van der Waals surface area contributed by atoms with Crippen LogP contribution in [0.2, 0.25) is 0 Å². The normalized spacial score (nSPS) is 24.8. The molecule has 16 heteroatoms. The van der Waals surface area contributed by atoms with Gasteiger partial charge in [-0.25, -0.2) is 0 Å². The van der Waals surface area contributed by atoms with Crippen molar-refractivity contribution in [3.63, 3.8) is 0 Å². The van der Waals surface area contributed by atoms with E-state index in [9.17, 15) is 19.2 Å². The Bertz CT molecular complexity index is 805. The second-order valence-corrected chi connectivity index (χ2v) is 6.65. The second-order valence-electron chi connectivity index (χ2n) is 6.65. The lowest BCUT2D eigenvalue weighted by atomic mass is 9.98. The molecule has 5 atom stereocenters. The highest BCUT2D eigenvalue weighted by molar-refractivity contribution is 5.68. The largest absolute Gasteiger partial charge is 0.463 e. The fraction of sp³-hybridized carbons (Fsp3) is 0.765. The zero-order chi connectivity index (χ0) is 25.0. The fourth-order valence-electron chi connectivity index (χ4n) is 2.89. The molecule has 33 heavy (non-hydrogen) atoms. The minimum atomic E-state index is -1.49. The van der Waals surface area contributed by atoms with Gasteiger partial charge < -0.3 is 28.4 Å². The number of esters is 4. The number of ether oxygens (including phenoxy) is 6. The number of azide groups is 2. The Kier molecular flexibility index (Phi) is 11.4. The van der Waals surface area contributed by atoms with E-state index in [4.69, 9.17) is 39.5 Å². The Morgan fingerprint density at radius 2 is 1.30 bits per heavy atom. The van der Waals surface area contributed by atoms with Gasteiger partial charge in [0.1, 0.15) is 12.7 Å². The summed E-state index contributed by atoms with van der Waals surface area (Å²) >= 11 is 0. The summed E-state index contributed by atoms with van der Waals surface area (Å²) in [6.45, 7) is 3.37. The van der Waals surface area contributed by atoms with Crippen molar-refractivity contribution in [2.45, 2.75) is 64.5 Å². The van der Waals surface area contributed by atoms with E-state index in [1.54, 1.807) is 0 Å². The average Bonchev–Trinajstić information content (AvgIpc) is 2.71. The van der Waals surface area contributed by atoms with Crippen molar-refractivity contribution >= 4 is 23.9 Å². The number of rotatable bonds is 11. The van der Waals surface area contributed by atoms with Gasteiger partial charge >= 0.3 is 23.9 Å². The third-order valence-electron chi connectivity index (χ3n) is 3.97. The standard InChI is InChI=1S/C17H24N6O10/c1-8(24)28-7-13-14(29-9(2)25)15(30-10(3)26)16(31-11(4)27)17(33-13)32-12(5-20-22-18)6-21-23-19/h12-17H,5-7H2,1-4H3/t13-,14-,15+,16+,17+/m1/s1. The molecule has 16 nitrogen and oxygen atoms in total. The smallest absolute Gasteiger partial charge is 0.303 e. The summed E-state index contributed by atoms with van der Waals surface area (Å²) in [5, 5.41) is 6.72. The van der Waals surface area contributed by atoms with Gasteiger partial charge in [-0.3, -0.25) is 19.2 Å². The first kappa shape index (κ1) is 27.5. The molecule has 1 heterocycles. The third-order valence-corrected chi connectivity index (χ3v) is 3.97. The number of carbonyl (C=O) groups excluding carboxylic acids is 4. The van der Waals surface area contributed by atoms with Crippen LogP contribution in [-0.2, 0) is 47.6 Å². The van der Waals surface area contributed by atoms with Crippen LogP contribution >= 0.6 is 0 Å². The van der Waals surface area contributed by atoms with Crippen LogP contribution in [0.25, 0.3) is 20.9 Å². The molecule has 1 fully saturated rings. The molecule has 0 bridgehead atoms. The zero-order valence-corrected chi connectivity index (χ0v) is 18.4. The molecule has 0 aromatic rings. The Balaban J connectivity index is 3.40. The minimum Gasteiger partial charge on any atom is -0.463 e. The number of hydrogen-bond acceptors (Lipinski definition) is 12. The maximum atomic E-state index is 11.8. The molecule has 1 aliphatic heterocycles. The van der Waals surface area contributed by atoms with Crippen molar-refractivity contribution in [2.24, 2.45) is 10.2 Å². The van der Waals surface area contributed by atoms with Crippen LogP contribution < -0.4 is 0 Å². The summed E-state index contributed by atoms with van der Waals surface area (Å²) in [4.78, 5) is 51.8. The summed E-state index contributed by atoms with van der Waals surface area (Å²) in [7, 11) is 0. The number of carbonyl (C=O) groups is 4. The lowest BCUT2D eigenvalue weighted by Crippen LogP contribution is -2.63. The van der Waals surface area contributed by atoms with Crippen molar-refractivity contribution < 1.29 is 47.6 Å². The van der Waals surface area contributed by atoms with Gasteiger partial charge in [0.05, 0.1) is 19.2 Å². The number of hydrogen-bond donors (Lipinski definition) is 0. The SMILES string of the molecule is CC(=O)OC[C@H]1O[C@H](OC(CN=[N+]=[N-])CN=[N+]=[N-])[C@@H](OC(C)=O)[C@@H](OC(C)=O)[C@@H]1OC(C)=O. The summed E-state index contributed by atoms with van der Waals surface area (Å²) in [5.41, 5.74) is 17.2. The molecule has 1 rings (SSSR count). The van der Waals surface area contributed by atoms with E-state index >= 15 is 0 Å². The molecule has 1 saturated heterocycles. The maximum absolute atomic E-state index is 11.8. The van der Waals surface area contributed by atoms with Crippen molar-refractivity contribution in [3.05, 3.63) is 20.9 Å². The first-order valence-electron chi connectivity index (χ1n) is 9.56. The average molecular weight is 472 g/mol. The van der Waals surface area contributed by atoms with Gasteiger partial charge in [0.15, 0.2) is 24.6 Å². The van der Waals surface area contributed by atoms with Gasteiger partial charge in [-0.05, 0) is 11.1 Å². The maximum Gasteiger partial charge on any atom is 0.303 e. The zero-order valence-electron chi connectivity index (χ0n) is 18.4. The van der Waals surface area contributed by atoms with Crippen LogP contribution in [0.5, 0.6) is 0 Å². The first-order valence-corrected chi connectivity index (χ1v) is 9.56. The molecule has 0 radical (unpaired) electrons. The summed E-state index contributed by atoms with van der Waals surface area (Å²) in [6.07, 6.45) is -7.95. The lowest BCUT2D eigenvalue weighted by Gasteiger charge is -2.44. The van der Waals surface area contributed by atoms with Crippen LogP contribution in [0.3, 0.4) is 0 Å². The van der Waals surface area contributed by atoms with E-state index in [-0.39, 0.29) is 13.1 Å². The number of nitrogens with zero attached hydrogens (tertiary/aromatic N) is 6. The molecule has 182 valence electrons. The topological polar surface area (TPSA) is 221 Å². The second kappa shape index (κ2) is 13.8. The molecule has 0 unspecified atom stereocenters. The van der Waals surface area contributed by atoms with E-state index in [1.807, 2.05) is 0 Å². The van der Waals surface area contributed by atoms with Crippen molar-refractivity contribution in [1.29, 1.82) is 0 Å². The third kappa shape index (κ3) is 9.62. The Morgan fingerprint density at radius 3 is 1.76 bits per heavy atom. The molecule has 0 amide bonds. The van der Waals surface area contributed by atoms with Gasteiger partial charge in [0, 0.05) is 37.5 Å². The van der Waals surface area contributed by atoms with Crippen LogP contribution in [0.4, 0.5) is 0 Å². The quantitative estimate of drug-likeness (QED) is 0.137. The summed E-state index contributed by atoms with van der Waals surface area (Å²) < 4.78 is 32.2. The Labute approximate surface area is 187 Å². The molecule has 0 aromatic heterocycles. The molecule has 0 saturated carbocycles. The van der Waals surface area contributed by atoms with Crippen molar-refractivity contribution in [2.75, 3.05) is 19.7 Å². The molecule has 1 aliphatic rings. The highest BCUT2D eigenvalue weighted by Gasteiger charge is 2.53. The van der Waals surface area contributed by atoms with Crippen molar-refractivity contribution in [3.8, 4) is 0 Å². The Hall–Kier alpha value is -3.58. The molecular formula is C17H24N6O10. The molecular weight excluding hydrogens is 448 g/mol. The predicted molar refractivity (Wildman–Crippen MR) is 105 cm³/mol. The lowest BCUT2D eigenvalue weighted by molar-refractivity contribution is -0.315. The van der Waals surface area contributed by atoms with Crippen molar-refractivity contribution in [1.82, 2.24) is 0 Å². The van der Waals surface area contributed by atoms with E-state index in [0.717, 1.165) is 27.7 Å². The monoisotopic (exact) mass is 472 g/mol. The summed E-state index contributed by atoms with van der Waals surface area (Å²) in [5.74, 6) is -3.07. The molecule has 0 aliphatic carbocycles. The first-order chi connectivity index (χ1) is 15.6. The molecule has 0 aromatic carbocycles. The predicted octanol–water partition coefficient (Wildman–Crippen LogP) is 1.08. The fourth-order valence-corrected chi connectivity index (χ4v) is 2.89. The summed E-state index contributed by atoms with van der Waals surface area (Å²) in [6, 6.07) is 0. The molecule has 0 N–H and O–H groups in total. The van der Waals surface area contributed by atoms with Gasteiger partial charge in [0.2, 0.25) is 0 Å².